The highest BCUT2D eigenvalue weighted by atomic mass is 35.5. The van der Waals surface area contributed by atoms with Gasteiger partial charge in [0.25, 0.3) is 0 Å². The molecule has 5 heteroatoms. The van der Waals surface area contributed by atoms with Crippen molar-refractivity contribution in [1.82, 2.24) is 15.2 Å². The number of rotatable bonds is 7. The molecular formula is C13H23ClN4. The van der Waals surface area contributed by atoms with Gasteiger partial charge in [-0.3, -0.25) is 0 Å². The fraction of sp³-hybridized carbons (Fsp3) is 0.615. The molecule has 0 saturated heterocycles. The second kappa shape index (κ2) is 7.56. The minimum Gasteiger partial charge on any atom is -0.360 e. The molecule has 0 bridgehead atoms. The quantitative estimate of drug-likeness (QED) is 0.819. The molecule has 1 aromatic heterocycles. The normalized spacial score (nSPS) is 11.0. The van der Waals surface area contributed by atoms with Gasteiger partial charge in [-0.1, -0.05) is 11.6 Å². The Morgan fingerprint density at radius 3 is 2.61 bits per heavy atom. The van der Waals surface area contributed by atoms with E-state index in [1.165, 1.54) is 0 Å². The van der Waals surface area contributed by atoms with Crippen LogP contribution in [0.5, 0.6) is 0 Å². The van der Waals surface area contributed by atoms with Crippen molar-refractivity contribution in [3.63, 3.8) is 0 Å². The van der Waals surface area contributed by atoms with Crippen LogP contribution < -0.4 is 10.2 Å². The largest absolute Gasteiger partial charge is 0.360 e. The second-order valence-corrected chi connectivity index (χ2v) is 5.15. The van der Waals surface area contributed by atoms with Gasteiger partial charge in [-0.2, -0.15) is 0 Å². The minimum atomic E-state index is 0.717. The lowest BCUT2D eigenvalue weighted by molar-refractivity contribution is 0.401. The van der Waals surface area contributed by atoms with Crippen LogP contribution in [0.4, 0.5) is 5.82 Å². The zero-order chi connectivity index (χ0) is 13.5. The first kappa shape index (κ1) is 15.2. The van der Waals surface area contributed by atoms with Gasteiger partial charge in [0, 0.05) is 26.3 Å². The fourth-order valence-electron chi connectivity index (χ4n) is 1.74. The van der Waals surface area contributed by atoms with Gasteiger partial charge in [0.05, 0.1) is 5.02 Å². The molecule has 0 fully saturated rings. The summed E-state index contributed by atoms with van der Waals surface area (Å²) in [4.78, 5) is 8.73. The van der Waals surface area contributed by atoms with E-state index in [1.54, 1.807) is 6.20 Å². The zero-order valence-electron chi connectivity index (χ0n) is 11.7. The molecule has 4 nitrogen and oxygen atoms in total. The first-order valence-corrected chi connectivity index (χ1v) is 6.57. The third-order valence-corrected chi connectivity index (χ3v) is 3.12. The average Bonchev–Trinajstić information content (AvgIpc) is 2.31. The maximum atomic E-state index is 6.10. The van der Waals surface area contributed by atoms with Crippen LogP contribution in [0.25, 0.3) is 0 Å². The summed E-state index contributed by atoms with van der Waals surface area (Å²) in [7, 11) is 8.16. The average molecular weight is 271 g/mol. The van der Waals surface area contributed by atoms with Crippen LogP contribution >= 0.6 is 11.6 Å². The van der Waals surface area contributed by atoms with Crippen LogP contribution in [0.1, 0.15) is 12.0 Å². The Labute approximate surface area is 115 Å². The molecule has 1 heterocycles. The summed E-state index contributed by atoms with van der Waals surface area (Å²) in [6, 6.07) is 2.05. The summed E-state index contributed by atoms with van der Waals surface area (Å²) in [6.07, 6.45) is 2.85. The van der Waals surface area contributed by atoms with Crippen molar-refractivity contribution in [3.8, 4) is 0 Å². The van der Waals surface area contributed by atoms with E-state index in [-0.39, 0.29) is 0 Å². The van der Waals surface area contributed by atoms with Crippen molar-refractivity contribution in [2.24, 2.45) is 0 Å². The van der Waals surface area contributed by atoms with Crippen LogP contribution in [0.2, 0.25) is 5.02 Å². The molecule has 0 radical (unpaired) electrons. The third-order valence-electron chi connectivity index (χ3n) is 2.78. The first-order valence-electron chi connectivity index (χ1n) is 6.19. The van der Waals surface area contributed by atoms with Gasteiger partial charge >= 0.3 is 0 Å². The van der Waals surface area contributed by atoms with Gasteiger partial charge in [0.2, 0.25) is 0 Å². The summed E-state index contributed by atoms with van der Waals surface area (Å²) in [5.74, 6) is 0.975. The number of pyridine rings is 1. The molecule has 1 rings (SSSR count). The van der Waals surface area contributed by atoms with Crippen molar-refractivity contribution in [2.45, 2.75) is 13.0 Å². The fourth-order valence-corrected chi connectivity index (χ4v) is 1.91. The van der Waals surface area contributed by atoms with Crippen LogP contribution in [0, 0.1) is 0 Å². The Morgan fingerprint density at radius 1 is 1.28 bits per heavy atom. The summed E-state index contributed by atoms with van der Waals surface area (Å²) >= 11 is 6.10. The second-order valence-electron chi connectivity index (χ2n) is 4.74. The molecular weight excluding hydrogens is 248 g/mol. The number of anilines is 1. The SMILES string of the molecule is CNCc1cc(N(C)CCCN(C)C)ncc1Cl. The molecule has 102 valence electrons. The number of halogens is 1. The Kier molecular flexibility index (Phi) is 6.39. The van der Waals surface area contributed by atoms with Crippen molar-refractivity contribution in [1.29, 1.82) is 0 Å². The molecule has 0 amide bonds. The van der Waals surface area contributed by atoms with Crippen LogP contribution in [0.15, 0.2) is 12.3 Å². The maximum absolute atomic E-state index is 6.10. The van der Waals surface area contributed by atoms with Gasteiger partial charge in [0.1, 0.15) is 5.82 Å². The molecule has 0 aliphatic carbocycles. The van der Waals surface area contributed by atoms with E-state index in [2.05, 4.69) is 47.3 Å². The van der Waals surface area contributed by atoms with Crippen LogP contribution in [0.3, 0.4) is 0 Å². The molecule has 0 aromatic carbocycles. The monoisotopic (exact) mass is 270 g/mol. The summed E-state index contributed by atoms with van der Waals surface area (Å²) in [5.41, 5.74) is 1.09. The Morgan fingerprint density at radius 2 is 2.00 bits per heavy atom. The lowest BCUT2D eigenvalue weighted by atomic mass is 10.2. The molecule has 18 heavy (non-hydrogen) atoms. The highest BCUT2D eigenvalue weighted by molar-refractivity contribution is 6.31. The van der Waals surface area contributed by atoms with E-state index in [0.717, 1.165) is 42.5 Å². The van der Waals surface area contributed by atoms with Gasteiger partial charge < -0.3 is 15.1 Å². The minimum absolute atomic E-state index is 0.717. The summed E-state index contributed by atoms with van der Waals surface area (Å²) in [6.45, 7) is 2.84. The predicted octanol–water partition coefficient (Wildman–Crippen LogP) is 1.84. The lowest BCUT2D eigenvalue weighted by Crippen LogP contribution is -2.24. The molecule has 1 N–H and O–H groups in total. The van der Waals surface area contributed by atoms with E-state index < -0.39 is 0 Å². The predicted molar refractivity (Wildman–Crippen MR) is 78.5 cm³/mol. The van der Waals surface area contributed by atoms with Gasteiger partial charge in [-0.05, 0) is 45.7 Å². The number of nitrogens with one attached hydrogen (secondary N) is 1. The Balaban J connectivity index is 2.62. The van der Waals surface area contributed by atoms with E-state index >= 15 is 0 Å². The van der Waals surface area contributed by atoms with Crippen molar-refractivity contribution in [2.75, 3.05) is 46.2 Å². The van der Waals surface area contributed by atoms with Gasteiger partial charge in [-0.25, -0.2) is 4.98 Å². The number of nitrogens with zero attached hydrogens (tertiary/aromatic N) is 3. The van der Waals surface area contributed by atoms with E-state index in [9.17, 15) is 0 Å². The number of hydrogen-bond donors (Lipinski definition) is 1. The van der Waals surface area contributed by atoms with E-state index in [1.807, 2.05) is 7.05 Å². The third kappa shape index (κ3) is 4.80. The Hall–Kier alpha value is -0.840. The van der Waals surface area contributed by atoms with Crippen molar-refractivity contribution in [3.05, 3.63) is 22.8 Å². The van der Waals surface area contributed by atoms with E-state index in [0.29, 0.717) is 0 Å². The van der Waals surface area contributed by atoms with E-state index in [4.69, 9.17) is 11.6 Å². The highest BCUT2D eigenvalue weighted by Crippen LogP contribution is 2.19. The van der Waals surface area contributed by atoms with Crippen molar-refractivity contribution < 1.29 is 0 Å². The lowest BCUT2D eigenvalue weighted by Gasteiger charge is -2.20. The molecule has 0 saturated carbocycles. The topological polar surface area (TPSA) is 31.4 Å². The highest BCUT2D eigenvalue weighted by Gasteiger charge is 2.06. The molecule has 1 aromatic rings. The standard InChI is InChI=1S/C13H23ClN4/c1-15-9-11-8-13(16-10-12(11)14)18(4)7-5-6-17(2)3/h8,10,15H,5-7,9H2,1-4H3. The molecule has 0 unspecified atom stereocenters. The molecule has 0 spiro atoms. The first-order chi connectivity index (χ1) is 8.54. The Bertz CT molecular complexity index is 368. The van der Waals surface area contributed by atoms with Gasteiger partial charge in [-0.15, -0.1) is 0 Å². The number of hydrogen-bond acceptors (Lipinski definition) is 4. The summed E-state index contributed by atoms with van der Waals surface area (Å²) < 4.78 is 0. The van der Waals surface area contributed by atoms with Gasteiger partial charge in [0.15, 0.2) is 0 Å². The molecule has 0 aliphatic rings. The van der Waals surface area contributed by atoms with Crippen LogP contribution in [-0.4, -0.2) is 51.2 Å². The van der Waals surface area contributed by atoms with Crippen LogP contribution in [-0.2, 0) is 6.54 Å². The van der Waals surface area contributed by atoms with Crippen molar-refractivity contribution >= 4 is 17.4 Å². The maximum Gasteiger partial charge on any atom is 0.128 e. The number of aromatic nitrogens is 1. The smallest absolute Gasteiger partial charge is 0.128 e. The molecule has 0 aliphatic heterocycles. The summed E-state index contributed by atoms with van der Waals surface area (Å²) in [5, 5.41) is 3.83. The molecule has 0 atom stereocenters. The zero-order valence-corrected chi connectivity index (χ0v) is 12.5.